The van der Waals surface area contributed by atoms with Crippen molar-refractivity contribution in [3.05, 3.63) is 231 Å². The second-order valence-corrected chi connectivity index (χ2v) is 14.9. The molecule has 1 aromatic heterocycles. The normalized spacial score (nSPS) is 11.4. The molecule has 11 rings (SSSR count). The summed E-state index contributed by atoms with van der Waals surface area (Å²) in [6.07, 6.45) is 0. The van der Waals surface area contributed by atoms with Gasteiger partial charge < -0.3 is 9.47 Å². The fourth-order valence-corrected chi connectivity index (χ4v) is 8.96. The molecule has 10 aromatic carbocycles. The average molecular weight is 739 g/mol. The van der Waals surface area contributed by atoms with Crippen molar-refractivity contribution in [1.82, 2.24) is 4.57 Å². The fraction of sp³-hybridized carbons (Fsp3) is 0. The van der Waals surface area contributed by atoms with Crippen molar-refractivity contribution in [1.29, 1.82) is 0 Å². The monoisotopic (exact) mass is 738 g/mol. The summed E-state index contributed by atoms with van der Waals surface area (Å²) in [7, 11) is 0. The Morgan fingerprint density at radius 3 is 1.03 bits per heavy atom. The van der Waals surface area contributed by atoms with E-state index in [0.29, 0.717) is 0 Å². The first-order valence-electron chi connectivity index (χ1n) is 19.9. The van der Waals surface area contributed by atoms with Crippen LogP contribution in [0.3, 0.4) is 0 Å². The largest absolute Gasteiger partial charge is 0.311 e. The first-order valence-corrected chi connectivity index (χ1v) is 19.9. The van der Waals surface area contributed by atoms with Gasteiger partial charge in [-0.2, -0.15) is 0 Å². The number of aromatic nitrogens is 1. The molecule has 11 aromatic rings. The van der Waals surface area contributed by atoms with Crippen LogP contribution in [0.5, 0.6) is 0 Å². The Balaban J connectivity index is 0.954. The molecule has 0 aliphatic carbocycles. The molecule has 0 amide bonds. The molecule has 0 N–H and O–H groups in total. The molecule has 0 bridgehead atoms. The highest BCUT2D eigenvalue weighted by molar-refractivity contribution is 6.21. The standard InChI is InChI=1S/C56H38N2/c1-3-15-41(16-4-1)55-49-21-7-9-23-51(49)56(52-24-10-8-22-50(52)55)42-31-37-45(38-32-42)57(43-17-5-2-6-18-43)44-33-27-39(28-34-44)40-29-35-46(36-30-40)58-53-25-13-11-19-47(53)48-20-12-14-26-54(48)58/h1-38H. The van der Waals surface area contributed by atoms with E-state index in [2.05, 4.69) is 240 Å². The predicted octanol–water partition coefficient (Wildman–Crippen LogP) is 15.6. The van der Waals surface area contributed by atoms with Crippen molar-refractivity contribution in [2.45, 2.75) is 0 Å². The molecular formula is C56H38N2. The lowest BCUT2D eigenvalue weighted by Crippen LogP contribution is -2.09. The maximum atomic E-state index is 2.37. The summed E-state index contributed by atoms with van der Waals surface area (Å²) in [5.74, 6) is 0. The first kappa shape index (κ1) is 33.6. The maximum absolute atomic E-state index is 2.37. The Kier molecular flexibility index (Phi) is 8.19. The molecule has 0 fully saturated rings. The Morgan fingerprint density at radius 1 is 0.241 bits per heavy atom. The third kappa shape index (κ3) is 5.66. The first-order chi connectivity index (χ1) is 28.8. The van der Waals surface area contributed by atoms with Crippen molar-refractivity contribution in [3.63, 3.8) is 0 Å². The van der Waals surface area contributed by atoms with Gasteiger partial charge in [-0.25, -0.2) is 0 Å². The van der Waals surface area contributed by atoms with Gasteiger partial charge in [0, 0.05) is 33.5 Å². The highest BCUT2D eigenvalue weighted by atomic mass is 15.1. The summed E-state index contributed by atoms with van der Waals surface area (Å²) in [4.78, 5) is 2.34. The molecule has 0 saturated heterocycles. The van der Waals surface area contributed by atoms with Crippen molar-refractivity contribution in [2.75, 3.05) is 4.90 Å². The van der Waals surface area contributed by atoms with Crippen LogP contribution < -0.4 is 4.90 Å². The van der Waals surface area contributed by atoms with Crippen molar-refractivity contribution >= 4 is 60.4 Å². The van der Waals surface area contributed by atoms with Gasteiger partial charge in [0.05, 0.1) is 11.0 Å². The van der Waals surface area contributed by atoms with E-state index in [1.165, 1.54) is 76.7 Å². The lowest BCUT2D eigenvalue weighted by Gasteiger charge is -2.26. The lowest BCUT2D eigenvalue weighted by atomic mass is 9.86. The number of hydrogen-bond acceptors (Lipinski definition) is 1. The van der Waals surface area contributed by atoms with E-state index in [1.807, 2.05) is 0 Å². The zero-order valence-electron chi connectivity index (χ0n) is 31.8. The summed E-state index contributed by atoms with van der Waals surface area (Å²) >= 11 is 0. The van der Waals surface area contributed by atoms with E-state index in [0.717, 1.165) is 22.7 Å². The van der Waals surface area contributed by atoms with Gasteiger partial charge in [0.2, 0.25) is 0 Å². The van der Waals surface area contributed by atoms with Crippen molar-refractivity contribution < 1.29 is 0 Å². The van der Waals surface area contributed by atoms with E-state index in [9.17, 15) is 0 Å². The topological polar surface area (TPSA) is 8.17 Å². The van der Waals surface area contributed by atoms with Gasteiger partial charge in [0.1, 0.15) is 0 Å². The number of nitrogens with zero attached hydrogens (tertiary/aromatic N) is 2. The number of anilines is 3. The number of rotatable bonds is 7. The van der Waals surface area contributed by atoms with E-state index in [-0.39, 0.29) is 0 Å². The van der Waals surface area contributed by atoms with Gasteiger partial charge in [0.25, 0.3) is 0 Å². The van der Waals surface area contributed by atoms with Gasteiger partial charge in [-0.05, 0) is 116 Å². The molecule has 0 aliphatic heterocycles. The van der Waals surface area contributed by atoms with Crippen LogP contribution in [0.4, 0.5) is 17.1 Å². The second kappa shape index (κ2) is 14.1. The minimum Gasteiger partial charge on any atom is -0.311 e. The smallest absolute Gasteiger partial charge is 0.0541 e. The van der Waals surface area contributed by atoms with Crippen LogP contribution in [0, 0.1) is 0 Å². The van der Waals surface area contributed by atoms with E-state index in [4.69, 9.17) is 0 Å². The van der Waals surface area contributed by atoms with Crippen molar-refractivity contribution in [3.8, 4) is 39.1 Å². The van der Waals surface area contributed by atoms with Crippen LogP contribution >= 0.6 is 0 Å². The molecule has 1 heterocycles. The quantitative estimate of drug-likeness (QED) is 0.148. The summed E-state index contributed by atoms with van der Waals surface area (Å²) in [6, 6.07) is 83.5. The second-order valence-electron chi connectivity index (χ2n) is 14.9. The van der Waals surface area contributed by atoms with Crippen LogP contribution in [0.1, 0.15) is 0 Å². The molecule has 0 radical (unpaired) electrons. The van der Waals surface area contributed by atoms with Crippen LogP contribution in [0.2, 0.25) is 0 Å². The summed E-state index contributed by atoms with van der Waals surface area (Å²) in [5.41, 5.74) is 14.3. The Labute approximate surface area is 338 Å². The minimum absolute atomic E-state index is 1.10. The SMILES string of the molecule is c1ccc(-c2c3ccccc3c(-c3ccc(N(c4ccccc4)c4ccc(-c5ccc(-n6c7ccccc7c7ccccc76)cc5)cc4)cc3)c3ccccc23)cc1. The number of hydrogen-bond donors (Lipinski definition) is 0. The van der Waals surface area contributed by atoms with Crippen LogP contribution in [0.25, 0.3) is 82.4 Å². The third-order valence-corrected chi connectivity index (χ3v) is 11.6. The summed E-state index contributed by atoms with van der Waals surface area (Å²) in [5, 5.41) is 7.58. The number of benzene rings is 10. The molecule has 0 aliphatic rings. The predicted molar refractivity (Wildman–Crippen MR) is 247 cm³/mol. The fourth-order valence-electron chi connectivity index (χ4n) is 8.96. The van der Waals surface area contributed by atoms with Gasteiger partial charge in [0.15, 0.2) is 0 Å². The number of fused-ring (bicyclic) bond motifs is 5. The number of para-hydroxylation sites is 3. The third-order valence-electron chi connectivity index (χ3n) is 11.6. The van der Waals surface area contributed by atoms with Crippen molar-refractivity contribution in [2.24, 2.45) is 0 Å². The van der Waals surface area contributed by atoms with Gasteiger partial charge in [-0.3, -0.25) is 0 Å². The molecule has 0 spiro atoms. The van der Waals surface area contributed by atoms with Gasteiger partial charge in [-0.15, -0.1) is 0 Å². The summed E-state index contributed by atoms with van der Waals surface area (Å²) in [6.45, 7) is 0. The average Bonchev–Trinajstić information content (AvgIpc) is 3.64. The van der Waals surface area contributed by atoms with Crippen LogP contribution in [-0.2, 0) is 0 Å². The van der Waals surface area contributed by atoms with Crippen LogP contribution in [-0.4, -0.2) is 4.57 Å². The zero-order valence-corrected chi connectivity index (χ0v) is 31.8. The molecule has 0 atom stereocenters. The molecular weight excluding hydrogens is 701 g/mol. The molecule has 0 unspecified atom stereocenters. The minimum atomic E-state index is 1.10. The van der Waals surface area contributed by atoms with Crippen LogP contribution in [0.15, 0.2) is 231 Å². The Bertz CT molecular complexity index is 3120. The zero-order chi connectivity index (χ0) is 38.4. The maximum Gasteiger partial charge on any atom is 0.0541 e. The summed E-state index contributed by atoms with van der Waals surface area (Å²) < 4.78 is 2.37. The lowest BCUT2D eigenvalue weighted by molar-refractivity contribution is 1.18. The molecule has 272 valence electrons. The molecule has 58 heavy (non-hydrogen) atoms. The molecule has 2 heteroatoms. The Hall–Kier alpha value is -7.68. The highest BCUT2D eigenvalue weighted by Crippen LogP contribution is 2.45. The van der Waals surface area contributed by atoms with E-state index >= 15 is 0 Å². The van der Waals surface area contributed by atoms with Gasteiger partial charge in [-0.1, -0.05) is 170 Å². The van der Waals surface area contributed by atoms with Gasteiger partial charge >= 0.3 is 0 Å². The van der Waals surface area contributed by atoms with E-state index in [1.54, 1.807) is 0 Å². The highest BCUT2D eigenvalue weighted by Gasteiger charge is 2.18. The van der Waals surface area contributed by atoms with E-state index < -0.39 is 0 Å². The Morgan fingerprint density at radius 2 is 0.569 bits per heavy atom. The molecule has 2 nitrogen and oxygen atoms in total. The molecule has 0 saturated carbocycles.